The van der Waals surface area contributed by atoms with Gasteiger partial charge in [0.05, 0.1) is 24.1 Å². The number of ether oxygens (including phenoxy) is 1. The summed E-state index contributed by atoms with van der Waals surface area (Å²) < 4.78 is 31.2. The number of anilines is 2. The Kier molecular flexibility index (Phi) is 9.26. The number of benzene rings is 2. The molecule has 0 saturated carbocycles. The Morgan fingerprint density at radius 2 is 1.72 bits per heavy atom. The molecule has 1 N–H and O–H groups in total. The van der Waals surface area contributed by atoms with Crippen LogP contribution in [0.1, 0.15) is 54.1 Å². The number of aryl methyl sites for hydroxylation is 1. The molecule has 0 aliphatic rings. The number of nitrogens with one attached hydrogen (secondary N) is 1. The Hall–Kier alpha value is -2.87. The summed E-state index contributed by atoms with van der Waals surface area (Å²) in [6.45, 7) is 6.44. The molecule has 2 aromatic rings. The highest BCUT2D eigenvalue weighted by Gasteiger charge is 2.20. The van der Waals surface area contributed by atoms with Gasteiger partial charge in [-0.25, -0.2) is 13.2 Å². The molecule has 0 aromatic heterocycles. The first-order valence-corrected chi connectivity index (χ1v) is 12.6. The second-order valence-corrected chi connectivity index (χ2v) is 9.68. The lowest BCUT2D eigenvalue weighted by Gasteiger charge is -2.24. The highest BCUT2D eigenvalue weighted by molar-refractivity contribution is 7.92. The third kappa shape index (κ3) is 7.37. The highest BCUT2D eigenvalue weighted by Crippen LogP contribution is 2.25. The third-order valence-electron chi connectivity index (χ3n) is 5.15. The van der Waals surface area contributed by atoms with Gasteiger partial charge in [-0.15, -0.1) is 0 Å². The van der Waals surface area contributed by atoms with Gasteiger partial charge in [0.2, 0.25) is 15.9 Å². The van der Waals surface area contributed by atoms with Crippen molar-refractivity contribution < 1.29 is 22.7 Å². The van der Waals surface area contributed by atoms with Gasteiger partial charge < -0.3 is 10.1 Å². The van der Waals surface area contributed by atoms with Crippen LogP contribution in [0, 0.1) is 13.8 Å². The fourth-order valence-electron chi connectivity index (χ4n) is 3.16. The minimum atomic E-state index is -3.48. The zero-order valence-electron chi connectivity index (χ0n) is 19.2. The average Bonchev–Trinajstić information content (AvgIpc) is 2.73. The Bertz CT molecular complexity index is 1030. The first kappa shape index (κ1) is 25.4. The molecule has 0 spiro atoms. The summed E-state index contributed by atoms with van der Waals surface area (Å²) in [5.74, 6) is -0.610. The maximum Gasteiger partial charge on any atom is 0.338 e. The van der Waals surface area contributed by atoms with Gasteiger partial charge in [0.25, 0.3) is 0 Å². The molecule has 0 radical (unpaired) electrons. The van der Waals surface area contributed by atoms with Crippen LogP contribution in [0.25, 0.3) is 0 Å². The van der Waals surface area contributed by atoms with E-state index in [2.05, 4.69) is 5.32 Å². The average molecular weight is 461 g/mol. The van der Waals surface area contributed by atoms with Crippen molar-refractivity contribution >= 4 is 33.3 Å². The zero-order chi connectivity index (χ0) is 23.7. The van der Waals surface area contributed by atoms with Crippen molar-refractivity contribution in [3.05, 3.63) is 59.2 Å². The number of hydrogen-bond donors (Lipinski definition) is 1. The predicted molar refractivity (Wildman–Crippen MR) is 128 cm³/mol. The molecule has 0 heterocycles. The van der Waals surface area contributed by atoms with Gasteiger partial charge in [0.1, 0.15) is 0 Å². The van der Waals surface area contributed by atoms with Crippen LogP contribution in [0.4, 0.5) is 11.4 Å². The van der Waals surface area contributed by atoms with Crippen molar-refractivity contribution in [1.29, 1.82) is 0 Å². The number of rotatable bonds is 11. The zero-order valence-corrected chi connectivity index (χ0v) is 20.0. The van der Waals surface area contributed by atoms with Crippen LogP contribution in [-0.2, 0) is 19.6 Å². The van der Waals surface area contributed by atoms with E-state index in [0.717, 1.165) is 24.0 Å². The van der Waals surface area contributed by atoms with Crippen LogP contribution >= 0.6 is 0 Å². The van der Waals surface area contributed by atoms with E-state index in [1.165, 1.54) is 10.6 Å². The number of unbranched alkanes of at least 4 members (excludes halogenated alkanes) is 1. The molecule has 2 rings (SSSR count). The molecule has 32 heavy (non-hydrogen) atoms. The topological polar surface area (TPSA) is 92.8 Å². The van der Waals surface area contributed by atoms with Crippen LogP contribution in [0.3, 0.4) is 0 Å². The number of sulfonamides is 1. The number of carbonyl (C=O) groups is 2. The molecule has 0 fully saturated rings. The summed E-state index contributed by atoms with van der Waals surface area (Å²) in [6, 6.07) is 12.0. The fraction of sp³-hybridized carbons (Fsp3) is 0.417. The lowest BCUT2D eigenvalue weighted by atomic mass is 10.1. The molecule has 1 amide bonds. The first-order valence-electron chi connectivity index (χ1n) is 10.7. The lowest BCUT2D eigenvalue weighted by Crippen LogP contribution is -2.32. The van der Waals surface area contributed by atoms with Gasteiger partial charge in [-0.3, -0.25) is 9.10 Å². The Balaban J connectivity index is 1.91. The smallest absolute Gasteiger partial charge is 0.338 e. The first-order chi connectivity index (χ1) is 15.1. The van der Waals surface area contributed by atoms with E-state index in [1.807, 2.05) is 32.9 Å². The summed E-state index contributed by atoms with van der Waals surface area (Å²) in [5.41, 5.74) is 3.53. The van der Waals surface area contributed by atoms with E-state index in [0.29, 0.717) is 30.0 Å². The molecular formula is C24H32N2O5S. The molecule has 174 valence electrons. The van der Waals surface area contributed by atoms with E-state index < -0.39 is 10.0 Å². The van der Waals surface area contributed by atoms with Crippen molar-refractivity contribution in [3.63, 3.8) is 0 Å². The number of hydrogen-bond acceptors (Lipinski definition) is 5. The molecule has 2 aromatic carbocycles. The molecular weight excluding hydrogens is 428 g/mol. The maximum absolute atomic E-state index is 12.3. The Morgan fingerprint density at radius 3 is 2.34 bits per heavy atom. The van der Waals surface area contributed by atoms with Crippen molar-refractivity contribution in [3.8, 4) is 0 Å². The highest BCUT2D eigenvalue weighted by atomic mass is 32.2. The molecule has 0 unspecified atom stereocenters. The molecule has 8 heteroatoms. The van der Waals surface area contributed by atoms with Crippen LogP contribution in [0.2, 0.25) is 0 Å². The number of amides is 1. The van der Waals surface area contributed by atoms with Crippen molar-refractivity contribution in [2.45, 2.75) is 46.5 Å². The van der Waals surface area contributed by atoms with Crippen LogP contribution in [0.15, 0.2) is 42.5 Å². The van der Waals surface area contributed by atoms with E-state index >= 15 is 0 Å². The Labute approximate surface area is 190 Å². The predicted octanol–water partition coefficient (Wildman–Crippen LogP) is 4.45. The van der Waals surface area contributed by atoms with E-state index in [9.17, 15) is 18.0 Å². The molecule has 0 saturated heterocycles. The van der Waals surface area contributed by atoms with Crippen LogP contribution < -0.4 is 9.62 Å². The SMILES string of the molecule is CCCCOC(=O)c1ccc(NC(=O)CCCN(c2cccc(C)c2C)S(C)(=O)=O)cc1. The van der Waals surface area contributed by atoms with Crippen molar-refractivity contribution in [1.82, 2.24) is 0 Å². The van der Waals surface area contributed by atoms with E-state index in [4.69, 9.17) is 4.74 Å². The van der Waals surface area contributed by atoms with E-state index in [1.54, 1.807) is 30.3 Å². The van der Waals surface area contributed by atoms with Crippen molar-refractivity contribution in [2.75, 3.05) is 29.0 Å². The minimum Gasteiger partial charge on any atom is -0.462 e. The number of esters is 1. The normalized spacial score (nSPS) is 11.1. The molecule has 0 bridgehead atoms. The second kappa shape index (κ2) is 11.7. The molecule has 0 atom stereocenters. The largest absolute Gasteiger partial charge is 0.462 e. The monoisotopic (exact) mass is 460 g/mol. The van der Waals surface area contributed by atoms with E-state index in [-0.39, 0.29) is 24.8 Å². The van der Waals surface area contributed by atoms with Gasteiger partial charge >= 0.3 is 5.97 Å². The fourth-order valence-corrected chi connectivity index (χ4v) is 4.18. The van der Waals surface area contributed by atoms with Gasteiger partial charge in [-0.05, 0) is 68.1 Å². The molecule has 0 aliphatic heterocycles. The maximum atomic E-state index is 12.3. The van der Waals surface area contributed by atoms with Gasteiger partial charge in [-0.2, -0.15) is 0 Å². The van der Waals surface area contributed by atoms with Crippen LogP contribution in [0.5, 0.6) is 0 Å². The van der Waals surface area contributed by atoms with Crippen molar-refractivity contribution in [2.24, 2.45) is 0 Å². The standard InChI is InChI=1S/C24H32N2O5S/c1-5-6-17-31-24(28)20-12-14-21(15-13-20)25-23(27)11-8-16-26(32(4,29)30)22-10-7-9-18(2)19(22)3/h7,9-10,12-15H,5-6,8,11,16-17H2,1-4H3,(H,25,27). The quantitative estimate of drug-likeness (QED) is 0.395. The van der Waals surface area contributed by atoms with Gasteiger partial charge in [0, 0.05) is 18.7 Å². The number of nitrogens with zero attached hydrogens (tertiary/aromatic N) is 1. The summed E-state index contributed by atoms with van der Waals surface area (Å²) >= 11 is 0. The van der Waals surface area contributed by atoms with Gasteiger partial charge in [-0.1, -0.05) is 25.5 Å². The summed E-state index contributed by atoms with van der Waals surface area (Å²) in [5, 5.41) is 2.77. The minimum absolute atomic E-state index is 0.164. The summed E-state index contributed by atoms with van der Waals surface area (Å²) in [7, 11) is -3.48. The van der Waals surface area contributed by atoms with Gasteiger partial charge in [0.15, 0.2) is 0 Å². The third-order valence-corrected chi connectivity index (χ3v) is 6.33. The molecule has 7 nitrogen and oxygen atoms in total. The van der Waals surface area contributed by atoms with Crippen LogP contribution in [-0.4, -0.2) is 39.7 Å². The Morgan fingerprint density at radius 1 is 1.03 bits per heavy atom. The number of carbonyl (C=O) groups excluding carboxylic acids is 2. The second-order valence-electron chi connectivity index (χ2n) is 7.77. The summed E-state index contributed by atoms with van der Waals surface area (Å²) in [6.07, 6.45) is 3.47. The molecule has 0 aliphatic carbocycles. The summed E-state index contributed by atoms with van der Waals surface area (Å²) in [4.78, 5) is 24.3. The lowest BCUT2D eigenvalue weighted by molar-refractivity contribution is -0.116.